The van der Waals surface area contributed by atoms with E-state index in [0.717, 1.165) is 11.3 Å². The summed E-state index contributed by atoms with van der Waals surface area (Å²) < 4.78 is 0. The maximum Gasteiger partial charge on any atom is 0.230 e. The maximum atomic E-state index is 11.7. The fourth-order valence-corrected chi connectivity index (χ4v) is 1.97. The number of nitrogens with zero attached hydrogens (tertiary/aromatic N) is 1. The number of rotatable bonds is 5. The van der Waals surface area contributed by atoms with Crippen LogP contribution >= 0.6 is 0 Å². The van der Waals surface area contributed by atoms with Gasteiger partial charge in [-0.25, -0.2) is 0 Å². The molecule has 0 radical (unpaired) electrons. The fourth-order valence-electron chi connectivity index (χ4n) is 1.97. The second-order valence-electron chi connectivity index (χ2n) is 4.79. The average Bonchev–Trinajstić information content (AvgIpc) is 2.44. The molecule has 20 heavy (non-hydrogen) atoms. The normalized spacial score (nSPS) is 13.8. The number of amides is 3. The average molecular weight is 274 g/mol. The molecule has 0 aliphatic carbocycles. The van der Waals surface area contributed by atoms with E-state index >= 15 is 0 Å². The molecule has 1 aromatic carbocycles. The number of carbonyl (C=O) groups is 3. The Hall–Kier alpha value is -2.17. The molecule has 0 spiro atoms. The maximum absolute atomic E-state index is 11.7. The topological polar surface area (TPSA) is 66.5 Å². The van der Waals surface area contributed by atoms with Crippen molar-refractivity contribution in [3.63, 3.8) is 0 Å². The van der Waals surface area contributed by atoms with E-state index in [2.05, 4.69) is 5.32 Å². The molecule has 1 heterocycles. The minimum atomic E-state index is -0.107. The standard InChI is InChI=1S/C15H18N2O3/c1-2-13(18)16-12-6-3-11(4-7-12)5-8-14(19)17-10-9-15(17)20/h3-4,6-7H,2,5,8-10H2,1H3,(H,16,18). The van der Waals surface area contributed by atoms with Gasteiger partial charge in [-0.05, 0) is 24.1 Å². The minimum Gasteiger partial charge on any atom is -0.326 e. The number of β-lactam (4-membered cyclic amide) rings is 1. The molecule has 106 valence electrons. The number of aryl methyl sites for hydroxylation is 1. The number of carbonyl (C=O) groups excluding carboxylic acids is 3. The van der Waals surface area contributed by atoms with E-state index in [-0.39, 0.29) is 17.7 Å². The van der Waals surface area contributed by atoms with Crippen LogP contribution in [0.25, 0.3) is 0 Å². The largest absolute Gasteiger partial charge is 0.326 e. The van der Waals surface area contributed by atoms with Crippen molar-refractivity contribution in [3.8, 4) is 0 Å². The van der Waals surface area contributed by atoms with Gasteiger partial charge in [-0.15, -0.1) is 0 Å². The van der Waals surface area contributed by atoms with Gasteiger partial charge in [-0.3, -0.25) is 19.3 Å². The molecular weight excluding hydrogens is 256 g/mol. The van der Waals surface area contributed by atoms with E-state index in [1.807, 2.05) is 24.3 Å². The van der Waals surface area contributed by atoms with Crippen molar-refractivity contribution in [2.75, 3.05) is 11.9 Å². The predicted molar refractivity (Wildman–Crippen MR) is 75.0 cm³/mol. The number of imide groups is 1. The molecule has 1 N–H and O–H groups in total. The summed E-state index contributed by atoms with van der Waals surface area (Å²) in [4.78, 5) is 35.4. The first kappa shape index (κ1) is 14.2. The van der Waals surface area contributed by atoms with Crippen molar-refractivity contribution in [1.29, 1.82) is 0 Å². The van der Waals surface area contributed by atoms with Gasteiger partial charge in [0.15, 0.2) is 0 Å². The third-order valence-corrected chi connectivity index (χ3v) is 3.34. The summed E-state index contributed by atoms with van der Waals surface area (Å²) in [5, 5.41) is 2.77. The third-order valence-electron chi connectivity index (χ3n) is 3.34. The lowest BCUT2D eigenvalue weighted by Gasteiger charge is -2.28. The summed E-state index contributed by atoms with van der Waals surface area (Å²) in [6.45, 7) is 2.35. The highest BCUT2D eigenvalue weighted by molar-refractivity contribution is 5.99. The van der Waals surface area contributed by atoms with Gasteiger partial charge in [0.05, 0.1) is 0 Å². The Labute approximate surface area is 118 Å². The molecule has 2 rings (SSSR count). The van der Waals surface area contributed by atoms with E-state index in [9.17, 15) is 14.4 Å². The summed E-state index contributed by atoms with van der Waals surface area (Å²) >= 11 is 0. The Kier molecular flexibility index (Phi) is 4.50. The second-order valence-corrected chi connectivity index (χ2v) is 4.79. The highest BCUT2D eigenvalue weighted by Gasteiger charge is 2.29. The first-order chi connectivity index (χ1) is 9.60. The van der Waals surface area contributed by atoms with Crippen LogP contribution in [0.5, 0.6) is 0 Å². The number of benzene rings is 1. The summed E-state index contributed by atoms with van der Waals surface area (Å²) in [6, 6.07) is 7.41. The van der Waals surface area contributed by atoms with Gasteiger partial charge in [0.25, 0.3) is 0 Å². The van der Waals surface area contributed by atoms with Crippen molar-refractivity contribution in [3.05, 3.63) is 29.8 Å². The van der Waals surface area contributed by atoms with Crippen LogP contribution in [0, 0.1) is 0 Å². The van der Waals surface area contributed by atoms with Crippen LogP contribution in [-0.4, -0.2) is 29.2 Å². The lowest BCUT2D eigenvalue weighted by atomic mass is 10.1. The van der Waals surface area contributed by atoms with E-state index in [4.69, 9.17) is 0 Å². The Morgan fingerprint density at radius 2 is 1.95 bits per heavy atom. The van der Waals surface area contributed by atoms with E-state index < -0.39 is 0 Å². The van der Waals surface area contributed by atoms with Crippen LogP contribution in [0.1, 0.15) is 31.7 Å². The zero-order valence-electron chi connectivity index (χ0n) is 11.5. The molecule has 0 unspecified atom stereocenters. The Bertz CT molecular complexity index is 522. The predicted octanol–water partition coefficient (Wildman–Crippen LogP) is 1.73. The smallest absolute Gasteiger partial charge is 0.230 e. The van der Waals surface area contributed by atoms with Gasteiger partial charge in [-0.2, -0.15) is 0 Å². The molecular formula is C15H18N2O3. The molecule has 1 aliphatic heterocycles. The Morgan fingerprint density at radius 3 is 2.45 bits per heavy atom. The highest BCUT2D eigenvalue weighted by Crippen LogP contribution is 2.14. The van der Waals surface area contributed by atoms with Gasteiger partial charge in [0, 0.05) is 31.5 Å². The van der Waals surface area contributed by atoms with Crippen LogP contribution in [0.3, 0.4) is 0 Å². The quantitative estimate of drug-likeness (QED) is 0.831. The summed E-state index contributed by atoms with van der Waals surface area (Å²) in [6.07, 6.45) is 1.87. The van der Waals surface area contributed by atoms with Crippen molar-refractivity contribution in [2.45, 2.75) is 32.6 Å². The monoisotopic (exact) mass is 274 g/mol. The van der Waals surface area contributed by atoms with E-state index in [1.54, 1.807) is 6.92 Å². The van der Waals surface area contributed by atoms with E-state index in [0.29, 0.717) is 32.2 Å². The van der Waals surface area contributed by atoms with Crippen LogP contribution in [0.2, 0.25) is 0 Å². The van der Waals surface area contributed by atoms with Crippen LogP contribution in [0.4, 0.5) is 5.69 Å². The van der Waals surface area contributed by atoms with Gasteiger partial charge in [-0.1, -0.05) is 19.1 Å². The van der Waals surface area contributed by atoms with Crippen molar-refractivity contribution < 1.29 is 14.4 Å². The molecule has 5 nitrogen and oxygen atoms in total. The molecule has 1 aliphatic rings. The van der Waals surface area contributed by atoms with Crippen LogP contribution in [-0.2, 0) is 20.8 Å². The van der Waals surface area contributed by atoms with Crippen LogP contribution < -0.4 is 5.32 Å². The molecule has 0 bridgehead atoms. The molecule has 0 atom stereocenters. The zero-order valence-corrected chi connectivity index (χ0v) is 11.5. The van der Waals surface area contributed by atoms with Crippen molar-refractivity contribution >= 4 is 23.4 Å². The lowest BCUT2D eigenvalue weighted by molar-refractivity contribution is -0.152. The molecule has 3 amide bonds. The number of hydrogen-bond acceptors (Lipinski definition) is 3. The van der Waals surface area contributed by atoms with Crippen LogP contribution in [0.15, 0.2) is 24.3 Å². The first-order valence-electron chi connectivity index (χ1n) is 6.82. The van der Waals surface area contributed by atoms with Gasteiger partial charge >= 0.3 is 0 Å². The second kappa shape index (κ2) is 6.32. The van der Waals surface area contributed by atoms with Gasteiger partial charge in [0.2, 0.25) is 17.7 Å². The molecule has 0 aromatic heterocycles. The minimum absolute atomic E-state index is 0.0239. The molecule has 1 fully saturated rings. The van der Waals surface area contributed by atoms with Crippen molar-refractivity contribution in [2.24, 2.45) is 0 Å². The van der Waals surface area contributed by atoms with E-state index in [1.165, 1.54) is 4.90 Å². The van der Waals surface area contributed by atoms with Gasteiger partial charge < -0.3 is 5.32 Å². The number of nitrogens with one attached hydrogen (secondary N) is 1. The molecule has 1 saturated heterocycles. The summed E-state index contributed by atoms with van der Waals surface area (Å²) in [7, 11) is 0. The number of likely N-dealkylation sites (tertiary alicyclic amines) is 1. The summed E-state index contributed by atoms with van der Waals surface area (Å²) in [5.41, 5.74) is 1.77. The highest BCUT2D eigenvalue weighted by atomic mass is 16.2. The number of anilines is 1. The molecule has 1 aromatic rings. The Balaban J connectivity index is 1.83. The lowest BCUT2D eigenvalue weighted by Crippen LogP contribution is -2.47. The Morgan fingerprint density at radius 1 is 1.25 bits per heavy atom. The molecule has 0 saturated carbocycles. The number of hydrogen-bond donors (Lipinski definition) is 1. The summed E-state index contributed by atoms with van der Waals surface area (Å²) in [5.74, 6) is -0.207. The van der Waals surface area contributed by atoms with Crippen molar-refractivity contribution in [1.82, 2.24) is 4.90 Å². The SMILES string of the molecule is CCC(=O)Nc1ccc(CCC(=O)N2CCC2=O)cc1. The first-order valence-corrected chi connectivity index (χ1v) is 6.82. The van der Waals surface area contributed by atoms with Gasteiger partial charge in [0.1, 0.15) is 0 Å². The molecule has 5 heteroatoms. The fraction of sp³-hybridized carbons (Fsp3) is 0.400. The third kappa shape index (κ3) is 3.44. The zero-order chi connectivity index (χ0) is 14.5.